The molecule has 1 saturated carbocycles. The Balaban J connectivity index is 1.93. The summed E-state index contributed by atoms with van der Waals surface area (Å²) in [6, 6.07) is 0.286. The van der Waals surface area contributed by atoms with Crippen LogP contribution in [0.4, 0.5) is 0 Å². The molecule has 1 fully saturated rings. The number of carbonyl (C=O) groups excluding carboxylic acids is 1. The minimum Gasteiger partial charge on any atom is -0.327 e. The van der Waals surface area contributed by atoms with Gasteiger partial charge in [0.15, 0.2) is 0 Å². The summed E-state index contributed by atoms with van der Waals surface area (Å²) in [6.45, 7) is 2.23. The molecule has 0 aliphatic heterocycles. The van der Waals surface area contributed by atoms with E-state index in [4.69, 9.17) is 5.73 Å². The Morgan fingerprint density at radius 2 is 1.93 bits per heavy atom. The topological polar surface area (TPSA) is 43.1 Å². The van der Waals surface area contributed by atoms with Crippen molar-refractivity contribution >= 4 is 5.78 Å². The number of ketones is 1. The van der Waals surface area contributed by atoms with Crippen LogP contribution in [-0.2, 0) is 4.79 Å². The van der Waals surface area contributed by atoms with E-state index >= 15 is 0 Å². The van der Waals surface area contributed by atoms with Crippen molar-refractivity contribution in [1.29, 1.82) is 0 Å². The first-order chi connectivity index (χ1) is 6.74. The molecule has 14 heavy (non-hydrogen) atoms. The lowest BCUT2D eigenvalue weighted by atomic mass is 9.77. The molecule has 0 aromatic rings. The fraction of sp³-hybridized carbons (Fsp3) is 0.917. The third-order valence-electron chi connectivity index (χ3n) is 3.23. The van der Waals surface area contributed by atoms with E-state index in [1.54, 1.807) is 0 Å². The van der Waals surface area contributed by atoms with Crippen molar-refractivity contribution in [3.63, 3.8) is 0 Å². The molecule has 0 aromatic carbocycles. The largest absolute Gasteiger partial charge is 0.327 e. The molecule has 0 aromatic heterocycles. The van der Waals surface area contributed by atoms with Crippen LogP contribution < -0.4 is 5.73 Å². The van der Waals surface area contributed by atoms with Crippen molar-refractivity contribution in [2.45, 2.75) is 64.3 Å². The molecule has 2 N–H and O–H groups in total. The first-order valence-electron chi connectivity index (χ1n) is 6.01. The molecule has 1 rings (SSSR count). The third-order valence-corrected chi connectivity index (χ3v) is 3.23. The highest BCUT2D eigenvalue weighted by atomic mass is 16.1. The van der Waals surface area contributed by atoms with E-state index in [1.165, 1.54) is 32.1 Å². The van der Waals surface area contributed by atoms with Crippen LogP contribution in [0.2, 0.25) is 0 Å². The molecule has 0 spiro atoms. The van der Waals surface area contributed by atoms with Crippen LogP contribution in [-0.4, -0.2) is 11.8 Å². The molecule has 1 aliphatic rings. The summed E-state index contributed by atoms with van der Waals surface area (Å²) in [5, 5.41) is 0. The number of unbranched alkanes of at least 4 members (excludes halogenated alkanes) is 4. The van der Waals surface area contributed by atoms with E-state index < -0.39 is 0 Å². The van der Waals surface area contributed by atoms with E-state index in [2.05, 4.69) is 6.92 Å². The Morgan fingerprint density at radius 1 is 1.29 bits per heavy atom. The van der Waals surface area contributed by atoms with Gasteiger partial charge in [-0.25, -0.2) is 0 Å². The van der Waals surface area contributed by atoms with Crippen molar-refractivity contribution in [3.8, 4) is 0 Å². The monoisotopic (exact) mass is 197 g/mol. The molecular formula is C12H23NO. The molecule has 0 heterocycles. The molecule has 82 valence electrons. The van der Waals surface area contributed by atoms with Gasteiger partial charge in [-0.05, 0) is 12.3 Å². The summed E-state index contributed by atoms with van der Waals surface area (Å²) in [5.41, 5.74) is 6.00. The second kappa shape index (κ2) is 6.18. The van der Waals surface area contributed by atoms with E-state index in [-0.39, 0.29) is 6.04 Å². The maximum Gasteiger partial charge on any atom is 0.133 e. The van der Waals surface area contributed by atoms with Gasteiger partial charge >= 0.3 is 0 Å². The maximum absolute atomic E-state index is 10.8. The Morgan fingerprint density at radius 3 is 2.50 bits per heavy atom. The van der Waals surface area contributed by atoms with Gasteiger partial charge in [-0.3, -0.25) is 4.79 Å². The van der Waals surface area contributed by atoms with Gasteiger partial charge in [0.05, 0.1) is 0 Å². The van der Waals surface area contributed by atoms with Gasteiger partial charge < -0.3 is 5.73 Å². The molecule has 0 saturated heterocycles. The molecule has 0 amide bonds. The predicted molar refractivity (Wildman–Crippen MR) is 59.1 cm³/mol. The molecule has 2 nitrogen and oxygen atoms in total. The number of hydrogen-bond acceptors (Lipinski definition) is 2. The lowest BCUT2D eigenvalue weighted by molar-refractivity contribution is -0.127. The van der Waals surface area contributed by atoms with E-state index in [1.807, 2.05) is 0 Å². The number of nitrogens with two attached hydrogens (primary N) is 1. The van der Waals surface area contributed by atoms with E-state index in [0.29, 0.717) is 11.7 Å². The summed E-state index contributed by atoms with van der Waals surface area (Å²) >= 11 is 0. The summed E-state index contributed by atoms with van der Waals surface area (Å²) in [4.78, 5) is 10.8. The second-order valence-corrected chi connectivity index (χ2v) is 4.57. The molecule has 1 unspecified atom stereocenters. The van der Waals surface area contributed by atoms with Gasteiger partial charge in [-0.2, -0.15) is 0 Å². The molecule has 0 radical (unpaired) electrons. The Bertz CT molecular complexity index is 171. The molecular weight excluding hydrogens is 174 g/mol. The van der Waals surface area contributed by atoms with Gasteiger partial charge in [0.2, 0.25) is 0 Å². The average molecular weight is 197 g/mol. The van der Waals surface area contributed by atoms with Crippen LogP contribution in [0, 0.1) is 5.92 Å². The number of hydrogen-bond donors (Lipinski definition) is 1. The molecule has 2 heteroatoms. The van der Waals surface area contributed by atoms with Crippen molar-refractivity contribution in [2.24, 2.45) is 11.7 Å². The molecule has 0 bridgehead atoms. The fourth-order valence-electron chi connectivity index (χ4n) is 2.05. The summed E-state index contributed by atoms with van der Waals surface area (Å²) in [6.07, 6.45) is 9.13. The minimum atomic E-state index is 0.286. The molecule has 1 aliphatic carbocycles. The van der Waals surface area contributed by atoms with Crippen molar-refractivity contribution in [1.82, 2.24) is 0 Å². The first-order valence-corrected chi connectivity index (χ1v) is 6.01. The highest BCUT2D eigenvalue weighted by molar-refractivity contribution is 5.84. The lowest BCUT2D eigenvalue weighted by Gasteiger charge is -2.29. The van der Waals surface area contributed by atoms with Crippen LogP contribution in [0.3, 0.4) is 0 Å². The Labute approximate surface area is 87.2 Å². The van der Waals surface area contributed by atoms with Gasteiger partial charge in [0, 0.05) is 18.9 Å². The van der Waals surface area contributed by atoms with Gasteiger partial charge in [0.1, 0.15) is 5.78 Å². The average Bonchev–Trinajstić information content (AvgIpc) is 2.12. The highest BCUT2D eigenvalue weighted by Crippen LogP contribution is 2.27. The van der Waals surface area contributed by atoms with Crippen LogP contribution in [0.15, 0.2) is 0 Å². The molecule has 1 atom stereocenters. The summed E-state index contributed by atoms with van der Waals surface area (Å²) in [7, 11) is 0. The lowest BCUT2D eigenvalue weighted by Crippen LogP contribution is -2.39. The number of carbonyl (C=O) groups is 1. The summed E-state index contributed by atoms with van der Waals surface area (Å²) < 4.78 is 0. The van der Waals surface area contributed by atoms with Gasteiger partial charge in [0.25, 0.3) is 0 Å². The highest BCUT2D eigenvalue weighted by Gasteiger charge is 2.30. The van der Waals surface area contributed by atoms with Crippen molar-refractivity contribution in [2.75, 3.05) is 0 Å². The van der Waals surface area contributed by atoms with Crippen molar-refractivity contribution < 1.29 is 4.79 Å². The fourth-order valence-corrected chi connectivity index (χ4v) is 2.05. The van der Waals surface area contributed by atoms with Crippen LogP contribution in [0.25, 0.3) is 0 Å². The van der Waals surface area contributed by atoms with Gasteiger partial charge in [-0.1, -0.05) is 39.0 Å². The Kier molecular flexibility index (Phi) is 5.16. The zero-order valence-corrected chi connectivity index (χ0v) is 9.30. The van der Waals surface area contributed by atoms with Crippen LogP contribution in [0.5, 0.6) is 0 Å². The standard InChI is InChI=1S/C12H23NO/c1-2-3-4-5-6-7-12(13)10-8-11(14)9-10/h10,12H,2-9,13H2,1H3. The SMILES string of the molecule is CCCCCCCC(N)C1CC(=O)C1. The zero-order valence-electron chi connectivity index (χ0n) is 9.30. The van der Waals surface area contributed by atoms with Gasteiger partial charge in [-0.15, -0.1) is 0 Å². The zero-order chi connectivity index (χ0) is 10.4. The van der Waals surface area contributed by atoms with E-state index in [9.17, 15) is 4.79 Å². The normalized spacial score (nSPS) is 19.4. The van der Waals surface area contributed by atoms with Crippen molar-refractivity contribution in [3.05, 3.63) is 0 Å². The van der Waals surface area contributed by atoms with Crippen LogP contribution in [0.1, 0.15) is 58.3 Å². The Hall–Kier alpha value is -0.370. The smallest absolute Gasteiger partial charge is 0.133 e. The predicted octanol–water partition coefficient (Wildman–Crippen LogP) is 2.65. The number of Topliss-reactive ketones (excluding diaryl/α,β-unsaturated/α-hetero) is 1. The van der Waals surface area contributed by atoms with Crippen LogP contribution >= 0.6 is 0 Å². The van der Waals surface area contributed by atoms with E-state index in [0.717, 1.165) is 19.3 Å². The minimum absolute atomic E-state index is 0.286. The summed E-state index contributed by atoms with van der Waals surface area (Å²) in [5.74, 6) is 0.908. The maximum atomic E-state index is 10.8. The first kappa shape index (κ1) is 11.7. The number of rotatable bonds is 7. The third kappa shape index (κ3) is 3.79. The quantitative estimate of drug-likeness (QED) is 0.638. The second-order valence-electron chi connectivity index (χ2n) is 4.57.